The number of nitriles is 1. The van der Waals surface area contributed by atoms with Crippen LogP contribution in [0.4, 0.5) is 8.78 Å². The van der Waals surface area contributed by atoms with Gasteiger partial charge < -0.3 is 24.5 Å². The van der Waals surface area contributed by atoms with Gasteiger partial charge in [0.25, 0.3) is 0 Å². The Balaban J connectivity index is 1.39. The molecule has 224 valence electrons. The average Bonchev–Trinajstić information content (AvgIpc) is 3.39. The van der Waals surface area contributed by atoms with Crippen LogP contribution in [0.2, 0.25) is 0 Å². The molecule has 0 saturated heterocycles. The van der Waals surface area contributed by atoms with Crippen molar-refractivity contribution in [1.82, 2.24) is 14.5 Å². The number of nitrogens with zero attached hydrogens (tertiary/aromatic N) is 4. The fourth-order valence-corrected chi connectivity index (χ4v) is 4.77. The van der Waals surface area contributed by atoms with Crippen LogP contribution in [0, 0.1) is 23.0 Å². The first-order valence-electron chi connectivity index (χ1n) is 13.7. The van der Waals surface area contributed by atoms with Gasteiger partial charge >= 0.3 is 5.97 Å². The number of ether oxygens (including phenoxy) is 3. The first-order chi connectivity index (χ1) is 21.3. The zero-order chi connectivity index (χ0) is 31.2. The quantitative estimate of drug-likeness (QED) is 0.207. The number of methoxy groups -OCH3 is 2. The van der Waals surface area contributed by atoms with E-state index in [9.17, 15) is 9.18 Å². The van der Waals surface area contributed by atoms with Gasteiger partial charge in [0.05, 0.1) is 53.7 Å². The van der Waals surface area contributed by atoms with Crippen LogP contribution in [-0.2, 0) is 29.0 Å². The molecule has 0 aliphatic heterocycles. The highest BCUT2D eigenvalue weighted by Gasteiger charge is 2.19. The summed E-state index contributed by atoms with van der Waals surface area (Å²) in [5, 5.41) is 8.92. The molecule has 1 atom stereocenters. The number of rotatable bonds is 11. The third kappa shape index (κ3) is 6.57. The number of esters is 1. The van der Waals surface area contributed by atoms with E-state index in [1.54, 1.807) is 55.6 Å². The van der Waals surface area contributed by atoms with E-state index >= 15 is 4.39 Å². The summed E-state index contributed by atoms with van der Waals surface area (Å²) < 4.78 is 47.7. The fraction of sp³-hybridized carbons (Fsp3) is 0.212. The molecule has 0 saturated carbocycles. The van der Waals surface area contributed by atoms with Gasteiger partial charge in [-0.2, -0.15) is 5.26 Å². The minimum atomic E-state index is -0.545. The minimum Gasteiger partial charge on any atom is -0.473 e. The van der Waals surface area contributed by atoms with Crippen molar-refractivity contribution in [3.05, 3.63) is 113 Å². The van der Waals surface area contributed by atoms with Gasteiger partial charge in [-0.15, -0.1) is 0 Å². The molecule has 44 heavy (non-hydrogen) atoms. The number of halogens is 2. The molecule has 0 spiro atoms. The molecule has 0 bridgehead atoms. The zero-order valence-electron chi connectivity index (χ0n) is 24.1. The van der Waals surface area contributed by atoms with Gasteiger partial charge in [-0.25, -0.2) is 23.5 Å². The summed E-state index contributed by atoms with van der Waals surface area (Å²) in [5.41, 5.74) is 9.47. The van der Waals surface area contributed by atoms with E-state index in [0.29, 0.717) is 45.8 Å². The number of pyridine rings is 1. The smallest absolute Gasteiger partial charge is 0.337 e. The van der Waals surface area contributed by atoms with Gasteiger partial charge in [-0.1, -0.05) is 24.3 Å². The number of aromatic nitrogens is 3. The molecule has 0 aliphatic rings. The highest BCUT2D eigenvalue weighted by Crippen LogP contribution is 2.26. The third-order valence-corrected chi connectivity index (χ3v) is 7.21. The molecular formula is C33H29F2N5O4. The lowest BCUT2D eigenvalue weighted by Crippen LogP contribution is -2.28. The maximum atomic E-state index is 15.5. The summed E-state index contributed by atoms with van der Waals surface area (Å²) in [5.74, 6) is -0.659. The molecule has 0 amide bonds. The standard InChI is InChI=1S/C33H29F2N5O4/c1-42-25(17-37)18-40-30-14-23(33(41)43-2)10-11-29(30)38-31(40)15-21-8-9-22(13-27(21)35)28-4-3-5-32(39-28)44-19-24-7-6-20(16-36)12-26(24)34/h3-14,25H,15,17-19,37H2,1-2H3. The lowest BCUT2D eigenvalue weighted by molar-refractivity contribution is 0.0601. The predicted molar refractivity (Wildman–Crippen MR) is 159 cm³/mol. The van der Waals surface area contributed by atoms with Crippen LogP contribution in [0.25, 0.3) is 22.3 Å². The first-order valence-corrected chi connectivity index (χ1v) is 13.7. The molecule has 2 N–H and O–H groups in total. The van der Waals surface area contributed by atoms with E-state index < -0.39 is 17.6 Å². The van der Waals surface area contributed by atoms with Crippen molar-refractivity contribution in [3.8, 4) is 23.2 Å². The van der Waals surface area contributed by atoms with Crippen LogP contribution in [0.15, 0.2) is 72.8 Å². The lowest BCUT2D eigenvalue weighted by atomic mass is 10.1. The molecule has 0 radical (unpaired) electrons. The van der Waals surface area contributed by atoms with E-state index in [0.717, 1.165) is 6.07 Å². The Morgan fingerprint density at radius 1 is 1.00 bits per heavy atom. The molecule has 0 fully saturated rings. The Morgan fingerprint density at radius 3 is 2.50 bits per heavy atom. The Labute approximate surface area is 252 Å². The van der Waals surface area contributed by atoms with Crippen LogP contribution >= 0.6 is 0 Å². The molecule has 5 rings (SSSR count). The second-order valence-corrected chi connectivity index (χ2v) is 9.98. The Hall–Kier alpha value is -5.18. The average molecular weight is 598 g/mol. The van der Waals surface area contributed by atoms with E-state index in [4.69, 9.17) is 30.2 Å². The highest BCUT2D eigenvalue weighted by molar-refractivity contribution is 5.93. The number of hydrogen-bond donors (Lipinski definition) is 1. The summed E-state index contributed by atoms with van der Waals surface area (Å²) in [4.78, 5) is 21.4. The van der Waals surface area contributed by atoms with Crippen LogP contribution in [0.5, 0.6) is 5.88 Å². The Bertz CT molecular complexity index is 1860. The molecule has 1 unspecified atom stereocenters. The molecule has 3 aromatic carbocycles. The van der Waals surface area contributed by atoms with Gasteiger partial charge in [0.15, 0.2) is 0 Å². The van der Waals surface area contributed by atoms with Crippen LogP contribution < -0.4 is 10.5 Å². The van der Waals surface area contributed by atoms with Gasteiger partial charge in [0, 0.05) is 37.3 Å². The molecule has 0 aliphatic carbocycles. The number of nitrogens with two attached hydrogens (primary N) is 1. The molecule has 5 aromatic rings. The van der Waals surface area contributed by atoms with Gasteiger partial charge in [0.2, 0.25) is 5.88 Å². The summed E-state index contributed by atoms with van der Waals surface area (Å²) in [6.07, 6.45) is -0.156. The number of benzene rings is 3. The van der Waals surface area contributed by atoms with E-state index in [-0.39, 0.29) is 42.7 Å². The molecular weight excluding hydrogens is 568 g/mol. The SMILES string of the molecule is COC(=O)c1ccc2nc(Cc3ccc(-c4cccc(OCc5ccc(C#N)cc5F)n4)cc3F)n(CC(CN)OC)c2c1. The summed E-state index contributed by atoms with van der Waals surface area (Å²) in [7, 11) is 2.88. The highest BCUT2D eigenvalue weighted by atomic mass is 19.1. The topological polar surface area (TPSA) is 125 Å². The largest absolute Gasteiger partial charge is 0.473 e. The third-order valence-electron chi connectivity index (χ3n) is 7.21. The van der Waals surface area contributed by atoms with Crippen molar-refractivity contribution in [2.75, 3.05) is 20.8 Å². The number of imidazole rings is 1. The monoisotopic (exact) mass is 597 g/mol. The summed E-state index contributed by atoms with van der Waals surface area (Å²) >= 11 is 0. The molecule has 11 heteroatoms. The Kier molecular flexibility index (Phi) is 9.23. The fourth-order valence-electron chi connectivity index (χ4n) is 4.77. The molecule has 2 heterocycles. The van der Waals surface area contributed by atoms with Crippen LogP contribution in [0.1, 0.15) is 32.9 Å². The van der Waals surface area contributed by atoms with E-state index in [1.807, 2.05) is 10.6 Å². The second kappa shape index (κ2) is 13.4. The van der Waals surface area contributed by atoms with Crippen molar-refractivity contribution in [2.45, 2.75) is 25.7 Å². The normalized spacial score (nSPS) is 11.7. The summed E-state index contributed by atoms with van der Waals surface area (Å²) in [6.45, 7) is 0.525. The Morgan fingerprint density at radius 2 is 1.80 bits per heavy atom. The molecule has 9 nitrogen and oxygen atoms in total. The summed E-state index contributed by atoms with van der Waals surface area (Å²) in [6, 6.07) is 21.0. The van der Waals surface area contributed by atoms with Crippen molar-refractivity contribution < 1.29 is 27.8 Å². The van der Waals surface area contributed by atoms with Gasteiger partial charge in [0.1, 0.15) is 24.1 Å². The minimum absolute atomic E-state index is 0.0858. The van der Waals surface area contributed by atoms with E-state index in [2.05, 4.69) is 4.98 Å². The second-order valence-electron chi connectivity index (χ2n) is 9.98. The zero-order valence-corrected chi connectivity index (χ0v) is 24.1. The lowest BCUT2D eigenvalue weighted by Gasteiger charge is -2.17. The van der Waals surface area contributed by atoms with Crippen molar-refractivity contribution in [3.63, 3.8) is 0 Å². The van der Waals surface area contributed by atoms with Gasteiger partial charge in [-0.05, 0) is 48.0 Å². The van der Waals surface area contributed by atoms with Crippen molar-refractivity contribution in [1.29, 1.82) is 5.26 Å². The number of carbonyl (C=O) groups is 1. The first kappa shape index (κ1) is 30.3. The number of carbonyl (C=O) groups excluding carboxylic acids is 1. The number of hydrogen-bond acceptors (Lipinski definition) is 8. The maximum Gasteiger partial charge on any atom is 0.337 e. The van der Waals surface area contributed by atoms with Crippen LogP contribution in [0.3, 0.4) is 0 Å². The van der Waals surface area contributed by atoms with Crippen molar-refractivity contribution in [2.24, 2.45) is 5.73 Å². The van der Waals surface area contributed by atoms with Gasteiger partial charge in [-0.3, -0.25) is 0 Å². The maximum absolute atomic E-state index is 15.5. The molecule has 2 aromatic heterocycles. The van der Waals surface area contributed by atoms with Crippen molar-refractivity contribution >= 4 is 17.0 Å². The number of fused-ring (bicyclic) bond motifs is 1. The predicted octanol–water partition coefficient (Wildman–Crippen LogP) is 5.18. The van der Waals surface area contributed by atoms with Crippen LogP contribution in [-0.4, -0.2) is 47.4 Å². The van der Waals surface area contributed by atoms with E-state index in [1.165, 1.54) is 25.3 Å².